The highest BCUT2D eigenvalue weighted by Gasteiger charge is 2.21. The van der Waals surface area contributed by atoms with Gasteiger partial charge < -0.3 is 0 Å². The third kappa shape index (κ3) is 3.81. The molecule has 0 radical (unpaired) electrons. The first-order chi connectivity index (χ1) is 9.70. The molecule has 0 saturated heterocycles. The molecule has 4 nitrogen and oxygen atoms in total. The van der Waals surface area contributed by atoms with Crippen molar-refractivity contribution in [3.63, 3.8) is 0 Å². The van der Waals surface area contributed by atoms with Gasteiger partial charge in [0, 0.05) is 4.47 Å². The number of rotatable bonds is 3. The van der Waals surface area contributed by atoms with Gasteiger partial charge in [0.15, 0.2) is 5.15 Å². The van der Waals surface area contributed by atoms with Crippen molar-refractivity contribution < 1.29 is 8.42 Å². The van der Waals surface area contributed by atoms with Crippen LogP contribution < -0.4 is 4.72 Å². The number of aryl methyl sites for hydroxylation is 1. The van der Waals surface area contributed by atoms with Crippen LogP contribution in [0.1, 0.15) is 5.56 Å². The molecule has 9 heteroatoms. The average molecular weight is 431 g/mol. The Kier molecular flexibility index (Phi) is 5.05. The third-order valence-corrected chi connectivity index (χ3v) is 5.35. The number of halogens is 4. The van der Waals surface area contributed by atoms with Gasteiger partial charge in [0.2, 0.25) is 0 Å². The number of hydrogen-bond acceptors (Lipinski definition) is 3. The molecule has 0 fully saturated rings. The Morgan fingerprint density at radius 3 is 2.43 bits per heavy atom. The normalized spacial score (nSPS) is 11.5. The second-order valence-electron chi connectivity index (χ2n) is 4.11. The standard InChI is InChI=1S/C12H8BrCl3N2O2S/c1-6-4-10(15)17-12(16)11(6)18-21(19,20)9-3-2-7(13)5-8(9)14/h2-5,18H,1H3. The summed E-state index contributed by atoms with van der Waals surface area (Å²) in [4.78, 5) is 3.75. The molecule has 2 rings (SSSR count). The summed E-state index contributed by atoms with van der Waals surface area (Å²) in [7, 11) is -3.89. The van der Waals surface area contributed by atoms with E-state index in [0.29, 0.717) is 10.0 Å². The lowest BCUT2D eigenvalue weighted by Crippen LogP contribution is -2.15. The number of benzene rings is 1. The molecule has 1 aromatic carbocycles. The average Bonchev–Trinajstić information content (AvgIpc) is 2.33. The fraction of sp³-hybridized carbons (Fsp3) is 0.0833. The highest BCUT2D eigenvalue weighted by molar-refractivity contribution is 9.10. The Bertz CT molecular complexity index is 789. The lowest BCUT2D eigenvalue weighted by Gasteiger charge is -2.13. The van der Waals surface area contributed by atoms with Crippen molar-refractivity contribution in [3.8, 4) is 0 Å². The molecule has 1 aromatic heterocycles. The molecule has 0 aliphatic rings. The molecule has 0 bridgehead atoms. The predicted molar refractivity (Wildman–Crippen MR) is 89.0 cm³/mol. The zero-order valence-corrected chi connectivity index (χ0v) is 15.2. The second-order valence-corrected chi connectivity index (χ2v) is 7.83. The fourth-order valence-electron chi connectivity index (χ4n) is 1.60. The van der Waals surface area contributed by atoms with Crippen LogP contribution in [0.4, 0.5) is 5.69 Å². The molecule has 0 aliphatic carbocycles. The highest BCUT2D eigenvalue weighted by Crippen LogP contribution is 2.31. The number of sulfonamides is 1. The van der Waals surface area contributed by atoms with Crippen LogP contribution in [-0.2, 0) is 10.0 Å². The van der Waals surface area contributed by atoms with Gasteiger partial charge in [-0.05, 0) is 36.8 Å². The van der Waals surface area contributed by atoms with Gasteiger partial charge in [-0.25, -0.2) is 13.4 Å². The maximum Gasteiger partial charge on any atom is 0.263 e. The smallest absolute Gasteiger partial charge is 0.263 e. The summed E-state index contributed by atoms with van der Waals surface area (Å²) < 4.78 is 27.8. The topological polar surface area (TPSA) is 59.1 Å². The molecule has 0 aliphatic heterocycles. The van der Waals surface area contributed by atoms with E-state index < -0.39 is 10.0 Å². The van der Waals surface area contributed by atoms with E-state index in [-0.39, 0.29) is 25.9 Å². The molecule has 0 saturated carbocycles. The summed E-state index contributed by atoms with van der Waals surface area (Å²) in [6.45, 7) is 1.67. The molecule has 1 heterocycles. The van der Waals surface area contributed by atoms with E-state index in [9.17, 15) is 8.42 Å². The van der Waals surface area contributed by atoms with Crippen LogP contribution >= 0.6 is 50.7 Å². The minimum atomic E-state index is -3.89. The fourth-order valence-corrected chi connectivity index (χ4v) is 4.41. The summed E-state index contributed by atoms with van der Waals surface area (Å²) in [5, 5.41) is 0.242. The first kappa shape index (κ1) is 16.8. The number of anilines is 1. The molecule has 0 unspecified atom stereocenters. The van der Waals surface area contributed by atoms with Crippen LogP contribution in [0.25, 0.3) is 0 Å². The zero-order valence-electron chi connectivity index (χ0n) is 10.5. The van der Waals surface area contributed by atoms with Gasteiger partial charge in [-0.3, -0.25) is 4.72 Å². The summed E-state index contributed by atoms with van der Waals surface area (Å²) in [5.74, 6) is 0. The molecular formula is C12H8BrCl3N2O2S. The van der Waals surface area contributed by atoms with Crippen molar-refractivity contribution in [2.24, 2.45) is 0 Å². The monoisotopic (exact) mass is 428 g/mol. The molecule has 21 heavy (non-hydrogen) atoms. The highest BCUT2D eigenvalue weighted by atomic mass is 79.9. The zero-order chi connectivity index (χ0) is 15.8. The van der Waals surface area contributed by atoms with Crippen LogP contribution in [0, 0.1) is 6.92 Å². The number of nitrogens with zero attached hydrogens (tertiary/aromatic N) is 1. The van der Waals surface area contributed by atoms with Crippen LogP contribution in [0.15, 0.2) is 33.6 Å². The van der Waals surface area contributed by atoms with E-state index in [4.69, 9.17) is 34.8 Å². The van der Waals surface area contributed by atoms with Crippen molar-refractivity contribution in [1.29, 1.82) is 0 Å². The van der Waals surface area contributed by atoms with E-state index in [1.165, 1.54) is 18.2 Å². The molecule has 1 N–H and O–H groups in total. The van der Waals surface area contributed by atoms with Gasteiger partial charge in [0.05, 0.1) is 10.7 Å². The molecule has 0 spiro atoms. The first-order valence-electron chi connectivity index (χ1n) is 5.51. The van der Waals surface area contributed by atoms with Crippen molar-refractivity contribution >= 4 is 66.4 Å². The molecule has 0 amide bonds. The van der Waals surface area contributed by atoms with E-state index >= 15 is 0 Å². The quantitative estimate of drug-likeness (QED) is 0.704. The van der Waals surface area contributed by atoms with Crippen molar-refractivity contribution in [2.75, 3.05) is 4.72 Å². The summed E-state index contributed by atoms with van der Waals surface area (Å²) in [6.07, 6.45) is 0. The summed E-state index contributed by atoms with van der Waals surface area (Å²) in [6, 6.07) is 5.97. The molecule has 0 atom stereocenters. The van der Waals surface area contributed by atoms with Crippen LogP contribution in [0.3, 0.4) is 0 Å². The number of hydrogen-bond donors (Lipinski definition) is 1. The summed E-state index contributed by atoms with van der Waals surface area (Å²) >= 11 is 20.9. The Balaban J connectivity index is 2.47. The van der Waals surface area contributed by atoms with E-state index in [1.54, 1.807) is 13.0 Å². The maximum absolute atomic E-state index is 12.4. The van der Waals surface area contributed by atoms with Gasteiger partial charge in [-0.15, -0.1) is 0 Å². The van der Waals surface area contributed by atoms with Gasteiger partial charge in [-0.1, -0.05) is 50.7 Å². The molecule has 112 valence electrons. The van der Waals surface area contributed by atoms with Crippen LogP contribution in [-0.4, -0.2) is 13.4 Å². The van der Waals surface area contributed by atoms with E-state index in [2.05, 4.69) is 25.6 Å². The Morgan fingerprint density at radius 1 is 1.19 bits per heavy atom. The van der Waals surface area contributed by atoms with Crippen molar-refractivity contribution in [3.05, 3.63) is 49.6 Å². The maximum atomic E-state index is 12.4. The lowest BCUT2D eigenvalue weighted by molar-refractivity contribution is 0.601. The van der Waals surface area contributed by atoms with Gasteiger partial charge >= 0.3 is 0 Å². The van der Waals surface area contributed by atoms with Crippen molar-refractivity contribution in [1.82, 2.24) is 4.98 Å². The van der Waals surface area contributed by atoms with Crippen LogP contribution in [0.5, 0.6) is 0 Å². The van der Waals surface area contributed by atoms with Gasteiger partial charge in [0.25, 0.3) is 10.0 Å². The Labute approximate surface area is 145 Å². The van der Waals surface area contributed by atoms with E-state index in [0.717, 1.165) is 0 Å². The SMILES string of the molecule is Cc1cc(Cl)nc(Cl)c1NS(=O)(=O)c1ccc(Br)cc1Cl. The predicted octanol–water partition coefficient (Wildman–Crippen LogP) is 4.91. The van der Waals surface area contributed by atoms with Crippen molar-refractivity contribution in [2.45, 2.75) is 11.8 Å². The Hall–Kier alpha value is -0.530. The van der Waals surface area contributed by atoms with E-state index in [1.807, 2.05) is 0 Å². The third-order valence-electron chi connectivity index (χ3n) is 2.56. The number of nitrogens with one attached hydrogen (secondary N) is 1. The van der Waals surface area contributed by atoms with Crippen LogP contribution in [0.2, 0.25) is 15.3 Å². The summed E-state index contributed by atoms with van der Waals surface area (Å²) in [5.41, 5.74) is 0.719. The minimum Gasteiger partial charge on any atom is -0.276 e. The number of pyridine rings is 1. The Morgan fingerprint density at radius 2 is 1.86 bits per heavy atom. The largest absolute Gasteiger partial charge is 0.276 e. The lowest BCUT2D eigenvalue weighted by atomic mass is 10.3. The molecule has 2 aromatic rings. The first-order valence-corrected chi connectivity index (χ1v) is 8.92. The molecular weight excluding hydrogens is 422 g/mol. The second kappa shape index (κ2) is 6.30. The number of aromatic nitrogens is 1. The van der Waals surface area contributed by atoms with Gasteiger partial charge in [-0.2, -0.15) is 0 Å². The minimum absolute atomic E-state index is 0.0307. The van der Waals surface area contributed by atoms with Gasteiger partial charge in [0.1, 0.15) is 10.0 Å².